The third kappa shape index (κ3) is 4.93. The molecule has 0 aromatic heterocycles. The minimum atomic E-state index is -4.37. The number of halogens is 3. The fraction of sp³-hybridized carbons (Fsp3) is 0.500. The van der Waals surface area contributed by atoms with Crippen LogP contribution in [-0.4, -0.2) is 25.2 Å². The lowest BCUT2D eigenvalue weighted by atomic mass is 10.1. The van der Waals surface area contributed by atoms with Gasteiger partial charge in [-0.2, -0.15) is 13.2 Å². The molecule has 2 amide bonds. The molecule has 116 valence electrons. The van der Waals surface area contributed by atoms with Crippen LogP contribution in [0.4, 0.5) is 23.7 Å². The summed E-state index contributed by atoms with van der Waals surface area (Å²) in [5.74, 6) is 0. The van der Waals surface area contributed by atoms with E-state index in [1.165, 1.54) is 12.1 Å². The highest BCUT2D eigenvalue weighted by molar-refractivity contribution is 5.89. The van der Waals surface area contributed by atoms with Crippen LogP contribution in [0.5, 0.6) is 0 Å². The molecule has 1 fully saturated rings. The summed E-state index contributed by atoms with van der Waals surface area (Å²) in [6, 6.07) is 4.21. The van der Waals surface area contributed by atoms with Crippen molar-refractivity contribution in [2.75, 3.05) is 18.4 Å². The Morgan fingerprint density at radius 1 is 1.24 bits per heavy atom. The number of amides is 2. The topological polar surface area (TPSA) is 53.2 Å². The van der Waals surface area contributed by atoms with E-state index in [1.54, 1.807) is 0 Å². The van der Waals surface area contributed by atoms with Gasteiger partial charge >= 0.3 is 12.2 Å². The molecular formula is C14H18F3N3O. The molecule has 0 saturated carbocycles. The van der Waals surface area contributed by atoms with Gasteiger partial charge < -0.3 is 16.0 Å². The molecule has 0 aliphatic carbocycles. The fourth-order valence-electron chi connectivity index (χ4n) is 2.23. The molecule has 1 aliphatic heterocycles. The van der Waals surface area contributed by atoms with E-state index in [-0.39, 0.29) is 6.04 Å². The summed E-state index contributed by atoms with van der Waals surface area (Å²) >= 11 is 0. The molecular weight excluding hydrogens is 283 g/mol. The summed E-state index contributed by atoms with van der Waals surface area (Å²) in [6.45, 7) is 1.46. The average Bonchev–Trinajstić information content (AvgIpc) is 2.46. The van der Waals surface area contributed by atoms with Crippen molar-refractivity contribution in [3.63, 3.8) is 0 Å². The first-order valence-electron chi connectivity index (χ1n) is 6.90. The monoisotopic (exact) mass is 301 g/mol. The highest BCUT2D eigenvalue weighted by Gasteiger charge is 2.29. The first-order valence-corrected chi connectivity index (χ1v) is 6.90. The molecule has 0 spiro atoms. The molecule has 0 radical (unpaired) electrons. The zero-order valence-corrected chi connectivity index (χ0v) is 11.5. The van der Waals surface area contributed by atoms with Gasteiger partial charge in [0.05, 0.1) is 5.56 Å². The number of urea groups is 1. The van der Waals surface area contributed by atoms with E-state index in [2.05, 4.69) is 16.0 Å². The molecule has 1 atom stereocenters. The van der Waals surface area contributed by atoms with Crippen LogP contribution in [-0.2, 0) is 6.18 Å². The summed E-state index contributed by atoms with van der Waals surface area (Å²) in [6.07, 6.45) is -1.07. The third-order valence-corrected chi connectivity index (χ3v) is 3.39. The van der Waals surface area contributed by atoms with Gasteiger partial charge in [-0.3, -0.25) is 0 Å². The van der Waals surface area contributed by atoms with Gasteiger partial charge in [0.2, 0.25) is 0 Å². The quantitative estimate of drug-likeness (QED) is 0.804. The smallest absolute Gasteiger partial charge is 0.336 e. The van der Waals surface area contributed by atoms with Crippen molar-refractivity contribution in [1.82, 2.24) is 10.6 Å². The van der Waals surface area contributed by atoms with Crippen LogP contribution in [0.25, 0.3) is 0 Å². The maximum atomic E-state index is 12.4. The summed E-state index contributed by atoms with van der Waals surface area (Å²) in [7, 11) is 0. The number of hydrogen-bond acceptors (Lipinski definition) is 2. The Bertz CT molecular complexity index is 467. The Kier molecular flexibility index (Phi) is 5.06. The van der Waals surface area contributed by atoms with E-state index >= 15 is 0 Å². The van der Waals surface area contributed by atoms with Crippen LogP contribution >= 0.6 is 0 Å². The predicted octanol–water partition coefficient (Wildman–Crippen LogP) is 2.97. The fourth-order valence-corrected chi connectivity index (χ4v) is 2.23. The van der Waals surface area contributed by atoms with E-state index < -0.39 is 17.8 Å². The number of hydrogen-bond donors (Lipinski definition) is 3. The molecule has 21 heavy (non-hydrogen) atoms. The molecule has 1 aliphatic rings. The highest BCUT2D eigenvalue weighted by atomic mass is 19.4. The van der Waals surface area contributed by atoms with Crippen molar-refractivity contribution in [1.29, 1.82) is 0 Å². The average molecular weight is 301 g/mol. The minimum Gasteiger partial charge on any atom is -0.336 e. The molecule has 0 bridgehead atoms. The molecule has 7 heteroatoms. The van der Waals surface area contributed by atoms with Crippen molar-refractivity contribution in [2.24, 2.45) is 0 Å². The number of anilines is 1. The Hall–Kier alpha value is -1.76. The van der Waals surface area contributed by atoms with Gasteiger partial charge in [-0.1, -0.05) is 6.42 Å². The number of benzene rings is 1. The molecule has 1 aromatic carbocycles. The Balaban J connectivity index is 1.79. The van der Waals surface area contributed by atoms with Gasteiger partial charge in [0.25, 0.3) is 0 Å². The Morgan fingerprint density at radius 2 is 1.95 bits per heavy atom. The van der Waals surface area contributed by atoms with Crippen LogP contribution < -0.4 is 16.0 Å². The van der Waals surface area contributed by atoms with Gasteiger partial charge in [-0.15, -0.1) is 0 Å². The maximum Gasteiger partial charge on any atom is 0.416 e. The maximum absolute atomic E-state index is 12.4. The van der Waals surface area contributed by atoms with Crippen molar-refractivity contribution in [2.45, 2.75) is 31.5 Å². The van der Waals surface area contributed by atoms with Crippen molar-refractivity contribution >= 4 is 11.7 Å². The second kappa shape index (κ2) is 6.80. The molecule has 1 saturated heterocycles. The van der Waals surface area contributed by atoms with Crippen molar-refractivity contribution < 1.29 is 18.0 Å². The second-order valence-electron chi connectivity index (χ2n) is 5.06. The van der Waals surface area contributed by atoms with Crippen molar-refractivity contribution in [3.8, 4) is 0 Å². The number of carbonyl (C=O) groups excluding carboxylic acids is 1. The van der Waals surface area contributed by atoms with E-state index in [0.29, 0.717) is 12.2 Å². The standard InChI is InChI=1S/C14H18F3N3O/c15-14(16,17)10-4-6-11(7-5-10)20-13(21)19-9-12-3-1-2-8-18-12/h4-7,12,18H,1-3,8-9H2,(H2,19,20,21). The van der Waals surface area contributed by atoms with E-state index in [9.17, 15) is 18.0 Å². The first kappa shape index (κ1) is 15.6. The lowest BCUT2D eigenvalue weighted by molar-refractivity contribution is -0.137. The number of alkyl halides is 3. The van der Waals surface area contributed by atoms with Crippen LogP contribution in [0.2, 0.25) is 0 Å². The second-order valence-corrected chi connectivity index (χ2v) is 5.06. The molecule has 3 N–H and O–H groups in total. The predicted molar refractivity (Wildman–Crippen MR) is 74.1 cm³/mol. The van der Waals surface area contributed by atoms with Crippen LogP contribution in [0.15, 0.2) is 24.3 Å². The molecule has 1 unspecified atom stereocenters. The molecule has 2 rings (SSSR count). The highest BCUT2D eigenvalue weighted by Crippen LogP contribution is 2.29. The van der Waals surface area contributed by atoms with Gasteiger partial charge in [0, 0.05) is 18.3 Å². The lowest BCUT2D eigenvalue weighted by Crippen LogP contribution is -2.44. The van der Waals surface area contributed by atoms with Crippen LogP contribution in [0.1, 0.15) is 24.8 Å². The molecule has 1 heterocycles. The Morgan fingerprint density at radius 3 is 2.52 bits per heavy atom. The number of piperidine rings is 1. The first-order chi connectivity index (χ1) is 9.95. The number of rotatable bonds is 3. The van der Waals surface area contributed by atoms with Gasteiger partial charge in [-0.05, 0) is 43.7 Å². The Labute approximate surface area is 121 Å². The number of nitrogens with one attached hydrogen (secondary N) is 3. The summed E-state index contributed by atoms with van der Waals surface area (Å²) in [5.41, 5.74) is -0.406. The van der Waals surface area contributed by atoms with Crippen LogP contribution in [0.3, 0.4) is 0 Å². The minimum absolute atomic E-state index is 0.261. The normalized spacial score (nSPS) is 19.1. The summed E-state index contributed by atoms with van der Waals surface area (Å²) in [4.78, 5) is 11.7. The summed E-state index contributed by atoms with van der Waals surface area (Å²) < 4.78 is 37.2. The van der Waals surface area contributed by atoms with E-state index in [0.717, 1.165) is 37.9 Å². The van der Waals surface area contributed by atoms with Gasteiger partial charge in [0.1, 0.15) is 0 Å². The zero-order chi connectivity index (χ0) is 15.3. The van der Waals surface area contributed by atoms with E-state index in [1.807, 2.05) is 0 Å². The lowest BCUT2D eigenvalue weighted by Gasteiger charge is -2.23. The third-order valence-electron chi connectivity index (χ3n) is 3.39. The SMILES string of the molecule is O=C(NCC1CCCCN1)Nc1ccc(C(F)(F)F)cc1. The zero-order valence-electron chi connectivity index (χ0n) is 11.5. The largest absolute Gasteiger partial charge is 0.416 e. The molecule has 1 aromatic rings. The molecule has 4 nitrogen and oxygen atoms in total. The van der Waals surface area contributed by atoms with Crippen LogP contribution in [0, 0.1) is 0 Å². The van der Waals surface area contributed by atoms with E-state index in [4.69, 9.17) is 0 Å². The summed E-state index contributed by atoms with van der Waals surface area (Å²) in [5, 5.41) is 8.52. The van der Waals surface area contributed by atoms with Gasteiger partial charge in [-0.25, -0.2) is 4.79 Å². The van der Waals surface area contributed by atoms with Gasteiger partial charge in [0.15, 0.2) is 0 Å². The van der Waals surface area contributed by atoms with Crippen molar-refractivity contribution in [3.05, 3.63) is 29.8 Å². The number of carbonyl (C=O) groups is 1.